The van der Waals surface area contributed by atoms with E-state index in [-0.39, 0.29) is 26.4 Å². The zero-order valence-electron chi connectivity index (χ0n) is 22.5. The first-order chi connectivity index (χ1) is 20.1. The van der Waals surface area contributed by atoms with E-state index in [1.54, 1.807) is 0 Å². The summed E-state index contributed by atoms with van der Waals surface area (Å²) in [6.07, 6.45) is -1.68. The molecule has 5 aromatic rings. The first kappa shape index (κ1) is 27.8. The van der Waals surface area contributed by atoms with Crippen molar-refractivity contribution >= 4 is 10.8 Å². The van der Waals surface area contributed by atoms with E-state index < -0.39 is 12.2 Å². The average molecular weight is 553 g/mol. The van der Waals surface area contributed by atoms with Crippen molar-refractivity contribution in [3.05, 3.63) is 121 Å². The van der Waals surface area contributed by atoms with Crippen LogP contribution in [-0.4, -0.2) is 48.8 Å². The van der Waals surface area contributed by atoms with Crippen molar-refractivity contribution in [2.75, 3.05) is 26.4 Å². The first-order valence-corrected chi connectivity index (χ1v) is 13.4. The van der Waals surface area contributed by atoms with Gasteiger partial charge in [-0.2, -0.15) is 0 Å². The minimum absolute atomic E-state index is 0.00723. The van der Waals surface area contributed by atoms with Gasteiger partial charge in [-0.15, -0.1) is 0 Å². The summed E-state index contributed by atoms with van der Waals surface area (Å²) in [6, 6.07) is 37.4. The number of ether oxygens (including phenoxy) is 5. The van der Waals surface area contributed by atoms with Crippen LogP contribution in [0, 0.1) is 0 Å². The third-order valence-corrected chi connectivity index (χ3v) is 6.12. The Morgan fingerprint density at radius 1 is 0.463 bits per heavy atom. The molecule has 41 heavy (non-hydrogen) atoms. The third kappa shape index (κ3) is 8.14. The number of benzene rings is 5. The van der Waals surface area contributed by atoms with Crippen molar-refractivity contribution in [3.8, 4) is 34.5 Å². The molecule has 5 rings (SSSR count). The second-order valence-electron chi connectivity index (χ2n) is 9.37. The minimum Gasteiger partial charge on any atom is -0.491 e. The van der Waals surface area contributed by atoms with Crippen molar-refractivity contribution in [1.82, 2.24) is 0 Å². The van der Waals surface area contributed by atoms with Crippen LogP contribution >= 0.6 is 0 Å². The molecule has 0 spiro atoms. The molecule has 0 saturated carbocycles. The van der Waals surface area contributed by atoms with Gasteiger partial charge in [0.2, 0.25) is 0 Å². The zero-order chi connectivity index (χ0) is 28.3. The number of para-hydroxylation sites is 3. The van der Waals surface area contributed by atoms with Crippen LogP contribution in [0.1, 0.15) is 0 Å². The molecule has 0 aliphatic carbocycles. The van der Waals surface area contributed by atoms with Crippen LogP contribution in [0.3, 0.4) is 0 Å². The van der Waals surface area contributed by atoms with Gasteiger partial charge in [0.1, 0.15) is 61.6 Å². The van der Waals surface area contributed by atoms with Gasteiger partial charge in [0.25, 0.3) is 0 Å². The zero-order valence-corrected chi connectivity index (χ0v) is 22.5. The maximum atomic E-state index is 10.5. The lowest BCUT2D eigenvalue weighted by Crippen LogP contribution is -2.25. The highest BCUT2D eigenvalue weighted by Crippen LogP contribution is 2.40. The molecule has 0 bridgehead atoms. The predicted molar refractivity (Wildman–Crippen MR) is 157 cm³/mol. The molecule has 0 heterocycles. The third-order valence-electron chi connectivity index (χ3n) is 6.12. The fraction of sp³-hybridized carbons (Fsp3) is 0.176. The average Bonchev–Trinajstić information content (AvgIpc) is 3.03. The molecule has 0 aliphatic rings. The Bertz CT molecular complexity index is 1490. The number of rotatable bonds is 14. The highest BCUT2D eigenvalue weighted by Gasteiger charge is 2.16. The summed E-state index contributed by atoms with van der Waals surface area (Å²) in [5.74, 6) is 3.51. The van der Waals surface area contributed by atoms with E-state index in [4.69, 9.17) is 23.7 Å². The van der Waals surface area contributed by atoms with Gasteiger partial charge in [-0.05, 0) is 60.0 Å². The summed E-state index contributed by atoms with van der Waals surface area (Å²) < 4.78 is 29.5. The molecule has 210 valence electrons. The Hall–Kier alpha value is -4.72. The molecule has 0 saturated heterocycles. The van der Waals surface area contributed by atoms with Gasteiger partial charge >= 0.3 is 0 Å². The van der Waals surface area contributed by atoms with Crippen LogP contribution in [-0.2, 0) is 0 Å². The summed E-state index contributed by atoms with van der Waals surface area (Å²) in [6.45, 7) is 0.249. The Kier molecular flexibility index (Phi) is 9.55. The van der Waals surface area contributed by atoms with E-state index in [9.17, 15) is 10.2 Å². The molecular weight excluding hydrogens is 520 g/mol. The van der Waals surface area contributed by atoms with E-state index in [0.29, 0.717) is 34.5 Å². The Labute approximate surface area is 239 Å². The summed E-state index contributed by atoms with van der Waals surface area (Å²) in [5, 5.41) is 22.6. The highest BCUT2D eigenvalue weighted by atomic mass is 16.5. The number of fused-ring (bicyclic) bond motifs is 1. The van der Waals surface area contributed by atoms with Crippen LogP contribution in [0.5, 0.6) is 34.5 Å². The van der Waals surface area contributed by atoms with Crippen LogP contribution in [0.2, 0.25) is 0 Å². The van der Waals surface area contributed by atoms with E-state index in [2.05, 4.69) is 0 Å². The van der Waals surface area contributed by atoms with Crippen molar-refractivity contribution in [3.63, 3.8) is 0 Å². The highest BCUT2D eigenvalue weighted by molar-refractivity contribution is 5.92. The Balaban J connectivity index is 1.29. The number of aliphatic hydroxyl groups is 2. The molecule has 0 aromatic heterocycles. The Morgan fingerprint density at radius 2 is 0.927 bits per heavy atom. The van der Waals surface area contributed by atoms with Gasteiger partial charge in [0, 0.05) is 5.39 Å². The fourth-order valence-electron chi connectivity index (χ4n) is 4.06. The maximum absolute atomic E-state index is 10.5. The van der Waals surface area contributed by atoms with Crippen molar-refractivity contribution in [1.29, 1.82) is 0 Å². The lowest BCUT2D eigenvalue weighted by Gasteiger charge is -2.18. The summed E-state index contributed by atoms with van der Waals surface area (Å²) >= 11 is 0. The maximum Gasteiger partial charge on any atom is 0.177 e. The topological polar surface area (TPSA) is 86.6 Å². The van der Waals surface area contributed by atoms with Crippen LogP contribution in [0.4, 0.5) is 0 Å². The van der Waals surface area contributed by atoms with E-state index in [1.807, 2.05) is 121 Å². The van der Waals surface area contributed by atoms with Gasteiger partial charge in [-0.3, -0.25) is 0 Å². The number of hydrogen-bond acceptors (Lipinski definition) is 7. The lowest BCUT2D eigenvalue weighted by atomic mass is 10.1. The van der Waals surface area contributed by atoms with Gasteiger partial charge in [-0.1, -0.05) is 66.7 Å². The molecule has 7 heteroatoms. The smallest absolute Gasteiger partial charge is 0.177 e. The standard InChI is InChI=1S/C34H32O7/c35-26(21-37-28-10-4-1-5-11-28)23-39-31-18-16-25-17-19-33(34(32(25)20-31)41-30-14-8-3-9-15-30)40-24-27(36)22-38-29-12-6-2-7-13-29/h1-20,26-27,35-36H,21-24H2. The second-order valence-corrected chi connectivity index (χ2v) is 9.37. The Morgan fingerprint density at radius 3 is 1.49 bits per heavy atom. The van der Waals surface area contributed by atoms with Gasteiger partial charge in [0.15, 0.2) is 11.5 Å². The molecular formula is C34H32O7. The van der Waals surface area contributed by atoms with E-state index in [0.717, 1.165) is 10.8 Å². The first-order valence-electron chi connectivity index (χ1n) is 13.4. The summed E-state index contributed by atoms with van der Waals surface area (Å²) in [7, 11) is 0. The second kappa shape index (κ2) is 14.1. The molecule has 0 radical (unpaired) electrons. The van der Waals surface area contributed by atoms with Crippen molar-refractivity contribution in [2.24, 2.45) is 0 Å². The van der Waals surface area contributed by atoms with Crippen molar-refractivity contribution in [2.45, 2.75) is 12.2 Å². The SMILES string of the molecule is OC(COc1ccccc1)COc1ccc2ccc(OCC(O)COc3ccccc3)c(Oc3ccccc3)c2c1. The molecule has 2 atom stereocenters. The number of aliphatic hydroxyl groups excluding tert-OH is 2. The van der Waals surface area contributed by atoms with E-state index >= 15 is 0 Å². The molecule has 0 amide bonds. The van der Waals surface area contributed by atoms with Crippen molar-refractivity contribution < 1.29 is 33.9 Å². The monoisotopic (exact) mass is 552 g/mol. The van der Waals surface area contributed by atoms with Crippen LogP contribution in [0.15, 0.2) is 121 Å². The van der Waals surface area contributed by atoms with Gasteiger partial charge in [0.05, 0.1) is 0 Å². The van der Waals surface area contributed by atoms with Crippen LogP contribution in [0.25, 0.3) is 10.8 Å². The van der Waals surface area contributed by atoms with Gasteiger partial charge in [-0.25, -0.2) is 0 Å². The molecule has 5 aromatic carbocycles. The summed E-state index contributed by atoms with van der Waals surface area (Å²) in [5.41, 5.74) is 0. The van der Waals surface area contributed by atoms with Gasteiger partial charge < -0.3 is 33.9 Å². The number of hydrogen-bond donors (Lipinski definition) is 2. The molecule has 7 nitrogen and oxygen atoms in total. The normalized spacial score (nSPS) is 12.3. The quantitative estimate of drug-likeness (QED) is 0.168. The molecule has 2 unspecified atom stereocenters. The minimum atomic E-state index is -0.857. The lowest BCUT2D eigenvalue weighted by molar-refractivity contribution is 0.0619. The largest absolute Gasteiger partial charge is 0.491 e. The molecule has 0 fully saturated rings. The molecule has 0 aliphatic heterocycles. The van der Waals surface area contributed by atoms with Crippen LogP contribution < -0.4 is 23.7 Å². The summed E-state index contributed by atoms with van der Waals surface area (Å²) in [4.78, 5) is 0. The van der Waals surface area contributed by atoms with E-state index in [1.165, 1.54) is 0 Å². The predicted octanol–water partition coefficient (Wildman–Crippen LogP) is 6.27. The molecule has 2 N–H and O–H groups in total. The fourth-order valence-corrected chi connectivity index (χ4v) is 4.06.